The monoisotopic (exact) mass is 358 g/mol. The van der Waals surface area contributed by atoms with Gasteiger partial charge in [-0.2, -0.15) is 13.2 Å². The fraction of sp³-hybridized carbons (Fsp3) is 0.538. The minimum atomic E-state index is -4.70. The molecule has 0 spiro atoms. The molecule has 1 aliphatic heterocycles. The maximum Gasteiger partial charge on any atom is 0.417 e. The minimum absolute atomic E-state index is 0. The highest BCUT2D eigenvalue weighted by Crippen LogP contribution is 2.33. The van der Waals surface area contributed by atoms with Crippen LogP contribution in [0.5, 0.6) is 0 Å². The Kier molecular flexibility index (Phi) is 6.66. The van der Waals surface area contributed by atoms with E-state index in [0.29, 0.717) is 6.54 Å². The summed E-state index contributed by atoms with van der Waals surface area (Å²) in [4.78, 5) is -0.721. The van der Waals surface area contributed by atoms with Crippen LogP contribution in [0.25, 0.3) is 0 Å². The Morgan fingerprint density at radius 1 is 1.27 bits per heavy atom. The number of halogens is 4. The van der Waals surface area contributed by atoms with Crippen LogP contribution in [0.1, 0.15) is 18.4 Å². The summed E-state index contributed by atoms with van der Waals surface area (Å²) in [7, 11) is -4.17. The van der Waals surface area contributed by atoms with Crippen LogP contribution >= 0.6 is 12.4 Å². The highest BCUT2D eigenvalue weighted by molar-refractivity contribution is 7.89. The number of sulfonamides is 1. The van der Waals surface area contributed by atoms with Gasteiger partial charge in [0.2, 0.25) is 10.0 Å². The Hall–Kier alpha value is -0.830. The van der Waals surface area contributed by atoms with Crippen LogP contribution in [0.15, 0.2) is 29.2 Å². The lowest BCUT2D eigenvalue weighted by Crippen LogP contribution is -2.38. The van der Waals surface area contributed by atoms with Crippen LogP contribution in [-0.2, 0) is 16.2 Å². The molecule has 1 heterocycles. The van der Waals surface area contributed by atoms with Gasteiger partial charge in [0.15, 0.2) is 0 Å². The Morgan fingerprint density at radius 3 is 2.55 bits per heavy atom. The molecular weight excluding hydrogens is 341 g/mol. The summed E-state index contributed by atoms with van der Waals surface area (Å²) < 4.78 is 65.1. The molecule has 9 heteroatoms. The predicted molar refractivity (Wildman–Crippen MR) is 79.5 cm³/mol. The van der Waals surface area contributed by atoms with Crippen molar-refractivity contribution in [2.24, 2.45) is 5.92 Å². The molecule has 0 aromatic heterocycles. The van der Waals surface area contributed by atoms with Crippen LogP contribution in [0, 0.1) is 5.92 Å². The lowest BCUT2D eigenvalue weighted by Gasteiger charge is -2.23. The van der Waals surface area contributed by atoms with Crippen molar-refractivity contribution in [3.8, 4) is 0 Å². The van der Waals surface area contributed by atoms with Gasteiger partial charge in [-0.15, -0.1) is 12.4 Å². The fourth-order valence-corrected chi connectivity index (χ4v) is 3.68. The Labute approximate surface area is 133 Å². The second-order valence-electron chi connectivity index (χ2n) is 5.06. The summed E-state index contributed by atoms with van der Waals surface area (Å²) in [6, 6.07) is 4.21. The van der Waals surface area contributed by atoms with Crippen LogP contribution < -0.4 is 10.0 Å². The van der Waals surface area contributed by atoms with Crippen molar-refractivity contribution in [3.05, 3.63) is 29.8 Å². The lowest BCUT2D eigenvalue weighted by molar-refractivity contribution is -0.139. The molecule has 1 aliphatic rings. The van der Waals surface area contributed by atoms with Gasteiger partial charge in [0, 0.05) is 6.54 Å². The molecular formula is C13H18ClF3N2O2S. The smallest absolute Gasteiger partial charge is 0.316 e. The fourth-order valence-electron chi connectivity index (χ4n) is 2.34. The topological polar surface area (TPSA) is 58.2 Å². The largest absolute Gasteiger partial charge is 0.417 e. The second-order valence-corrected chi connectivity index (χ2v) is 6.79. The van der Waals surface area contributed by atoms with Crippen LogP contribution in [0.2, 0.25) is 0 Å². The van der Waals surface area contributed by atoms with Crippen LogP contribution in [-0.4, -0.2) is 28.1 Å². The molecule has 1 fully saturated rings. The van der Waals surface area contributed by atoms with E-state index < -0.39 is 26.7 Å². The average Bonchev–Trinajstić information content (AvgIpc) is 2.45. The summed E-state index contributed by atoms with van der Waals surface area (Å²) in [6.07, 6.45) is -2.90. The van der Waals surface area contributed by atoms with Crippen molar-refractivity contribution >= 4 is 22.4 Å². The SMILES string of the molecule is Cl.O=S(=O)(NCC1CCCNC1)c1ccccc1C(F)(F)F. The molecule has 2 N–H and O–H groups in total. The van der Waals surface area contributed by atoms with E-state index in [4.69, 9.17) is 0 Å². The lowest BCUT2D eigenvalue weighted by atomic mass is 10.0. The number of hydrogen-bond acceptors (Lipinski definition) is 3. The molecule has 1 aromatic rings. The first-order valence-electron chi connectivity index (χ1n) is 6.67. The highest BCUT2D eigenvalue weighted by atomic mass is 35.5. The van der Waals surface area contributed by atoms with Crippen molar-refractivity contribution in [2.45, 2.75) is 23.9 Å². The normalized spacial score (nSPS) is 19.5. The first-order chi connectivity index (χ1) is 9.81. The number of rotatable bonds is 4. The van der Waals surface area contributed by atoms with E-state index >= 15 is 0 Å². The zero-order valence-electron chi connectivity index (χ0n) is 11.7. The zero-order chi connectivity index (χ0) is 15.5. The molecule has 1 atom stereocenters. The van der Waals surface area contributed by atoms with Crippen molar-refractivity contribution in [2.75, 3.05) is 19.6 Å². The van der Waals surface area contributed by atoms with Gasteiger partial charge in [-0.3, -0.25) is 0 Å². The summed E-state index contributed by atoms with van der Waals surface area (Å²) in [5, 5.41) is 3.13. The maximum atomic E-state index is 12.9. The maximum absolute atomic E-state index is 12.9. The van der Waals surface area contributed by atoms with Crippen LogP contribution in [0.4, 0.5) is 13.2 Å². The van der Waals surface area contributed by atoms with E-state index in [-0.39, 0.29) is 24.9 Å². The molecule has 1 saturated heterocycles. The van der Waals surface area contributed by atoms with Gasteiger partial charge >= 0.3 is 6.18 Å². The van der Waals surface area contributed by atoms with E-state index in [1.165, 1.54) is 12.1 Å². The first kappa shape index (κ1) is 19.2. The zero-order valence-corrected chi connectivity index (χ0v) is 13.3. The van der Waals surface area contributed by atoms with E-state index in [0.717, 1.165) is 31.5 Å². The van der Waals surface area contributed by atoms with Gasteiger partial charge in [-0.05, 0) is 44.0 Å². The van der Waals surface area contributed by atoms with Gasteiger partial charge in [0.1, 0.15) is 0 Å². The van der Waals surface area contributed by atoms with E-state index in [1.807, 2.05) is 0 Å². The molecule has 22 heavy (non-hydrogen) atoms. The summed E-state index contributed by atoms with van der Waals surface area (Å²) in [5.74, 6) is 0.103. The quantitative estimate of drug-likeness (QED) is 0.869. The third kappa shape index (κ3) is 4.84. The number of nitrogens with one attached hydrogen (secondary N) is 2. The molecule has 0 radical (unpaired) electrons. The van der Waals surface area contributed by atoms with Gasteiger partial charge in [0.25, 0.3) is 0 Å². The molecule has 0 bridgehead atoms. The van der Waals surface area contributed by atoms with E-state index in [2.05, 4.69) is 10.0 Å². The Balaban J connectivity index is 0.00000242. The number of piperidine rings is 1. The van der Waals surface area contributed by atoms with Gasteiger partial charge in [-0.25, -0.2) is 13.1 Å². The molecule has 1 unspecified atom stereocenters. The Bertz CT molecular complexity index is 587. The predicted octanol–water partition coefficient (Wildman–Crippen LogP) is 2.41. The van der Waals surface area contributed by atoms with Crippen molar-refractivity contribution in [3.63, 3.8) is 0 Å². The van der Waals surface area contributed by atoms with Gasteiger partial charge in [-0.1, -0.05) is 12.1 Å². The molecule has 4 nitrogen and oxygen atoms in total. The second kappa shape index (κ2) is 7.63. The highest BCUT2D eigenvalue weighted by Gasteiger charge is 2.36. The average molecular weight is 359 g/mol. The van der Waals surface area contributed by atoms with Gasteiger partial charge in [0.05, 0.1) is 10.5 Å². The third-order valence-corrected chi connectivity index (χ3v) is 4.92. The van der Waals surface area contributed by atoms with Crippen molar-refractivity contribution in [1.82, 2.24) is 10.0 Å². The molecule has 0 saturated carbocycles. The molecule has 0 aliphatic carbocycles. The number of benzene rings is 1. The molecule has 1 aromatic carbocycles. The van der Waals surface area contributed by atoms with Crippen molar-refractivity contribution in [1.29, 1.82) is 0 Å². The molecule has 126 valence electrons. The third-order valence-electron chi connectivity index (χ3n) is 3.44. The number of hydrogen-bond donors (Lipinski definition) is 2. The van der Waals surface area contributed by atoms with Gasteiger partial charge < -0.3 is 5.32 Å². The Morgan fingerprint density at radius 2 is 1.95 bits per heavy atom. The van der Waals surface area contributed by atoms with E-state index in [9.17, 15) is 21.6 Å². The summed E-state index contributed by atoms with van der Waals surface area (Å²) in [5.41, 5.74) is -1.14. The van der Waals surface area contributed by atoms with E-state index in [1.54, 1.807) is 0 Å². The summed E-state index contributed by atoms with van der Waals surface area (Å²) >= 11 is 0. The first-order valence-corrected chi connectivity index (χ1v) is 8.15. The van der Waals surface area contributed by atoms with Crippen LogP contribution in [0.3, 0.4) is 0 Å². The standard InChI is InChI=1S/C13H17F3N2O2S.ClH/c14-13(15,16)11-5-1-2-6-12(11)21(19,20)18-9-10-4-3-7-17-8-10;/h1-2,5-6,10,17-18H,3-4,7-9H2;1H. The van der Waals surface area contributed by atoms with Crippen molar-refractivity contribution < 1.29 is 21.6 Å². The molecule has 0 amide bonds. The molecule has 2 rings (SSSR count). The summed E-state index contributed by atoms with van der Waals surface area (Å²) in [6.45, 7) is 1.70. The minimum Gasteiger partial charge on any atom is -0.316 e. The number of alkyl halides is 3.